The molecule has 0 aliphatic carbocycles. The number of allylic oxidation sites excluding steroid dienone is 1. The normalized spacial score (nSPS) is 26.3. The van der Waals surface area contributed by atoms with Crippen molar-refractivity contribution < 1.29 is 33.8 Å². The number of nitrogens with one attached hydrogen (secondary N) is 1. The van der Waals surface area contributed by atoms with Gasteiger partial charge in [0.1, 0.15) is 17.7 Å². The number of benzene rings is 2. The van der Waals surface area contributed by atoms with E-state index in [0.717, 1.165) is 0 Å². The molecule has 3 saturated heterocycles. The first kappa shape index (κ1) is 37.7. The van der Waals surface area contributed by atoms with Gasteiger partial charge in [0.15, 0.2) is 0 Å². The predicted octanol–water partition coefficient (Wildman–Crippen LogP) is 5.38. The Morgan fingerprint density at radius 3 is 2.48 bits per heavy atom. The maximum absolute atomic E-state index is 14.9. The predicted molar refractivity (Wildman–Crippen MR) is 195 cm³/mol. The molecular weight excluding hydrogens is 726 g/mol. The van der Waals surface area contributed by atoms with E-state index in [-0.39, 0.29) is 49.2 Å². The van der Waals surface area contributed by atoms with Crippen LogP contribution in [0.1, 0.15) is 51.2 Å². The number of hydrogen-bond donors (Lipinski definition) is 2. The number of alkyl halides is 1. The van der Waals surface area contributed by atoms with Gasteiger partial charge in [0.25, 0.3) is 5.91 Å². The molecule has 8 atom stereocenters. The molecule has 50 heavy (non-hydrogen) atoms. The van der Waals surface area contributed by atoms with Gasteiger partial charge in [0.2, 0.25) is 11.8 Å². The van der Waals surface area contributed by atoms with Crippen LogP contribution in [-0.4, -0.2) is 82.0 Å². The summed E-state index contributed by atoms with van der Waals surface area (Å²) in [5.41, 5.74) is -0.156. The van der Waals surface area contributed by atoms with Crippen LogP contribution in [0.4, 0.5) is 5.69 Å². The van der Waals surface area contributed by atoms with E-state index in [4.69, 9.17) is 21.1 Å². The molecule has 0 aromatic heterocycles. The molecule has 5 rings (SSSR count). The number of likely N-dealkylation sites (tertiary alicyclic amines) is 1. The van der Waals surface area contributed by atoms with Gasteiger partial charge in [-0.1, -0.05) is 83.9 Å². The number of carbonyl (C=O) groups excluding carboxylic acids is 4. The summed E-state index contributed by atoms with van der Waals surface area (Å²) in [4.78, 5) is 59.1. The lowest BCUT2D eigenvalue weighted by atomic mass is 9.70. The topological polar surface area (TPSA) is 125 Å². The summed E-state index contributed by atoms with van der Waals surface area (Å²) < 4.78 is 12.9. The standard InChI is InChI=1S/C38H45BrClN3O7/c1-5-7-13-30(45)41-21-29(24-11-9-8-10-12-24)49-37(48)31-32-35(46)43(27(22-44)19-23(3)4)34(38(32)20-28(39)33(31)50-38)36(47)42(18-6-2)26-16-14-25(40)15-17-26/h5-6,8-12,14-17,23,27-29,31-34,44H,1-2,7,13,18-22H2,3-4H3,(H,41,45)/t27-,28?,29-,31+,32-,33+,34+,38-/m1/s1. The first-order valence-corrected chi connectivity index (χ1v) is 18.3. The Labute approximate surface area is 306 Å². The summed E-state index contributed by atoms with van der Waals surface area (Å²) in [6.07, 6.45) is 3.12. The van der Waals surface area contributed by atoms with Gasteiger partial charge in [0, 0.05) is 28.5 Å². The van der Waals surface area contributed by atoms with Crippen molar-refractivity contribution in [1.29, 1.82) is 0 Å². The van der Waals surface area contributed by atoms with Gasteiger partial charge in [0.05, 0.1) is 37.1 Å². The highest BCUT2D eigenvalue weighted by atomic mass is 79.9. The van der Waals surface area contributed by atoms with Crippen LogP contribution < -0.4 is 10.2 Å². The SMILES string of the molecule is C=CCCC(=O)NC[C@@H](OC(=O)[C@@H]1[C@H]2O[C@@]3(CC2Br)[C@H](C(=O)N(CC=C)c2ccc(Cl)cc2)N([C@@H](CO)CC(C)C)C(=O)[C@@H]13)c1ccccc1. The fourth-order valence-corrected chi connectivity index (χ4v) is 8.76. The third kappa shape index (κ3) is 7.42. The second-order valence-electron chi connectivity index (χ2n) is 13.6. The fraction of sp³-hybridized carbons (Fsp3) is 0.474. The third-order valence-electron chi connectivity index (χ3n) is 9.79. The molecule has 0 saturated carbocycles. The van der Waals surface area contributed by atoms with E-state index >= 15 is 0 Å². The van der Waals surface area contributed by atoms with Crippen LogP contribution in [0.25, 0.3) is 0 Å². The molecule has 10 nitrogen and oxygen atoms in total. The van der Waals surface area contributed by atoms with Crippen molar-refractivity contribution in [2.24, 2.45) is 17.8 Å². The number of aliphatic hydroxyl groups excluding tert-OH is 1. The number of ether oxygens (including phenoxy) is 2. The van der Waals surface area contributed by atoms with Crippen molar-refractivity contribution >= 4 is 56.9 Å². The highest BCUT2D eigenvalue weighted by molar-refractivity contribution is 9.09. The number of aliphatic hydroxyl groups is 1. The average Bonchev–Trinajstić information content (AvgIpc) is 3.70. The van der Waals surface area contributed by atoms with Crippen molar-refractivity contribution in [2.45, 2.75) is 74.3 Å². The smallest absolute Gasteiger partial charge is 0.313 e. The van der Waals surface area contributed by atoms with E-state index in [1.54, 1.807) is 48.6 Å². The summed E-state index contributed by atoms with van der Waals surface area (Å²) in [5.74, 6) is -3.73. The Balaban J connectivity index is 1.53. The zero-order chi connectivity index (χ0) is 36.2. The number of esters is 1. The number of anilines is 1. The molecule has 268 valence electrons. The Morgan fingerprint density at radius 1 is 1.16 bits per heavy atom. The largest absolute Gasteiger partial charge is 0.455 e. The van der Waals surface area contributed by atoms with Crippen LogP contribution >= 0.6 is 27.5 Å². The maximum Gasteiger partial charge on any atom is 0.313 e. The second kappa shape index (κ2) is 16.2. The maximum atomic E-state index is 14.9. The fourth-order valence-electron chi connectivity index (χ4n) is 7.69. The van der Waals surface area contributed by atoms with E-state index in [0.29, 0.717) is 29.1 Å². The van der Waals surface area contributed by atoms with Crippen LogP contribution in [0.15, 0.2) is 79.9 Å². The number of nitrogens with zero attached hydrogens (tertiary/aromatic N) is 2. The molecular formula is C38H45BrClN3O7. The number of carbonyl (C=O) groups is 4. The number of amides is 3. The van der Waals surface area contributed by atoms with E-state index in [9.17, 15) is 24.3 Å². The second-order valence-corrected chi connectivity index (χ2v) is 15.2. The molecule has 3 aliphatic heterocycles. The Kier molecular flexibility index (Phi) is 12.2. The Hall–Kier alpha value is -3.51. The summed E-state index contributed by atoms with van der Waals surface area (Å²) >= 11 is 9.89. The van der Waals surface area contributed by atoms with Gasteiger partial charge in [-0.05, 0) is 55.0 Å². The quantitative estimate of drug-likeness (QED) is 0.134. The Bertz CT molecular complexity index is 1570. The monoisotopic (exact) mass is 769 g/mol. The van der Waals surface area contributed by atoms with Crippen molar-refractivity contribution in [3.63, 3.8) is 0 Å². The molecule has 2 bridgehead atoms. The van der Waals surface area contributed by atoms with Gasteiger partial charge in [-0.25, -0.2) is 0 Å². The van der Waals surface area contributed by atoms with Gasteiger partial charge < -0.3 is 29.7 Å². The molecule has 3 heterocycles. The lowest BCUT2D eigenvalue weighted by Gasteiger charge is -2.39. The summed E-state index contributed by atoms with van der Waals surface area (Å²) in [6, 6.07) is 14.0. The highest BCUT2D eigenvalue weighted by Gasteiger charge is 2.77. The molecule has 12 heteroatoms. The van der Waals surface area contributed by atoms with E-state index in [1.165, 1.54) is 9.80 Å². The lowest BCUT2D eigenvalue weighted by Crippen LogP contribution is -2.59. The molecule has 3 amide bonds. The van der Waals surface area contributed by atoms with Gasteiger partial charge >= 0.3 is 5.97 Å². The van der Waals surface area contributed by atoms with Gasteiger partial charge in [-0.2, -0.15) is 0 Å². The first-order chi connectivity index (χ1) is 24.0. The minimum atomic E-state index is -1.38. The Morgan fingerprint density at radius 2 is 1.86 bits per heavy atom. The van der Waals surface area contributed by atoms with Crippen LogP contribution in [0, 0.1) is 17.8 Å². The minimum absolute atomic E-state index is 0.0251. The molecule has 2 aromatic carbocycles. The molecule has 2 aromatic rings. The van der Waals surface area contributed by atoms with Crippen LogP contribution in [0.2, 0.25) is 5.02 Å². The van der Waals surface area contributed by atoms with Crippen LogP contribution in [0.3, 0.4) is 0 Å². The van der Waals surface area contributed by atoms with Crippen molar-refractivity contribution in [1.82, 2.24) is 10.2 Å². The van der Waals surface area contributed by atoms with Gasteiger partial charge in [-0.3, -0.25) is 19.2 Å². The zero-order valence-corrected chi connectivity index (χ0v) is 30.7. The lowest BCUT2D eigenvalue weighted by molar-refractivity contribution is -0.161. The van der Waals surface area contributed by atoms with Gasteiger partial charge in [-0.15, -0.1) is 13.2 Å². The molecule has 3 aliphatic rings. The van der Waals surface area contributed by atoms with Crippen LogP contribution in [0.5, 0.6) is 0 Å². The molecule has 2 N–H and O–H groups in total. The van der Waals surface area contributed by atoms with Crippen molar-refractivity contribution in [3.8, 4) is 0 Å². The van der Waals surface area contributed by atoms with E-state index in [2.05, 4.69) is 34.4 Å². The highest BCUT2D eigenvalue weighted by Crippen LogP contribution is 2.61. The van der Waals surface area contributed by atoms with E-state index in [1.807, 2.05) is 32.0 Å². The molecule has 3 fully saturated rings. The molecule has 1 spiro atoms. The van der Waals surface area contributed by atoms with Crippen LogP contribution in [-0.2, 0) is 28.7 Å². The summed E-state index contributed by atoms with van der Waals surface area (Å²) in [7, 11) is 0. The van der Waals surface area contributed by atoms with E-state index < -0.39 is 59.5 Å². The summed E-state index contributed by atoms with van der Waals surface area (Å²) in [5, 5.41) is 14.0. The molecule has 1 unspecified atom stereocenters. The zero-order valence-electron chi connectivity index (χ0n) is 28.4. The number of fused-ring (bicyclic) bond motifs is 1. The first-order valence-electron chi connectivity index (χ1n) is 17.0. The molecule has 0 radical (unpaired) electrons. The number of rotatable bonds is 16. The third-order valence-corrected chi connectivity index (χ3v) is 10.9. The van der Waals surface area contributed by atoms with Crippen molar-refractivity contribution in [2.75, 3.05) is 24.6 Å². The number of hydrogen-bond acceptors (Lipinski definition) is 7. The summed E-state index contributed by atoms with van der Waals surface area (Å²) in [6.45, 7) is 11.3. The minimum Gasteiger partial charge on any atom is -0.455 e. The average molecular weight is 771 g/mol. The van der Waals surface area contributed by atoms with Crippen molar-refractivity contribution in [3.05, 3.63) is 90.5 Å². The number of halogens is 2.